The van der Waals surface area contributed by atoms with Gasteiger partial charge in [-0.2, -0.15) is 4.99 Å². The van der Waals surface area contributed by atoms with Gasteiger partial charge in [0.15, 0.2) is 11.0 Å². The lowest BCUT2D eigenvalue weighted by atomic mass is 10.00. The topological polar surface area (TPSA) is 114 Å². The van der Waals surface area contributed by atoms with Gasteiger partial charge in [0, 0.05) is 24.0 Å². The van der Waals surface area contributed by atoms with Crippen molar-refractivity contribution in [2.24, 2.45) is 4.99 Å². The average Bonchev–Trinajstić information content (AvgIpc) is 3.60. The highest BCUT2D eigenvalue weighted by Crippen LogP contribution is 2.35. The van der Waals surface area contributed by atoms with E-state index in [1.54, 1.807) is 32.2 Å². The molecule has 1 aliphatic heterocycles. The number of carbonyl (C=O) groups is 2. The van der Waals surface area contributed by atoms with Crippen LogP contribution < -0.4 is 20.3 Å². The molecule has 1 aliphatic rings. The molecule has 0 spiro atoms. The summed E-state index contributed by atoms with van der Waals surface area (Å²) >= 11 is 1.20. The molecule has 1 aromatic heterocycles. The van der Waals surface area contributed by atoms with E-state index in [0.29, 0.717) is 33.6 Å². The number of nitrogens with one attached hydrogen (secondary N) is 2. The lowest BCUT2D eigenvalue weighted by Crippen LogP contribution is -2.31. The highest BCUT2D eigenvalue weighted by atomic mass is 32.2. The fraction of sp³-hybridized carbons (Fsp3) is 0.233. The molecule has 2 heterocycles. The van der Waals surface area contributed by atoms with Crippen molar-refractivity contribution in [2.75, 3.05) is 28.3 Å². The van der Waals surface area contributed by atoms with Crippen molar-refractivity contribution in [1.82, 2.24) is 14.8 Å². The lowest BCUT2D eigenvalue weighted by molar-refractivity contribution is -0.274. The van der Waals surface area contributed by atoms with Gasteiger partial charge in [-0.3, -0.25) is 9.69 Å². The Bertz CT molecular complexity index is 1740. The molecule has 3 amide bonds. The molecule has 14 heteroatoms. The van der Waals surface area contributed by atoms with Crippen LogP contribution in [0.25, 0.3) is 17.1 Å². The number of ether oxygens (including phenoxy) is 1. The first kappa shape index (κ1) is 30.6. The Morgan fingerprint density at radius 1 is 1.09 bits per heavy atom. The monoisotopic (exact) mass is 623 g/mol. The number of alkyl halides is 3. The van der Waals surface area contributed by atoms with E-state index in [1.165, 1.54) is 51.9 Å². The smallest absolute Gasteiger partial charge is 0.406 e. The quantitative estimate of drug-likeness (QED) is 0.229. The summed E-state index contributed by atoms with van der Waals surface area (Å²) in [6, 6.07) is 15.6. The first-order chi connectivity index (χ1) is 20.9. The van der Waals surface area contributed by atoms with Crippen LogP contribution in [0.4, 0.5) is 35.0 Å². The number of carbonyl (C=O) groups excluding carboxylic acids is 2. The van der Waals surface area contributed by atoms with Gasteiger partial charge in [-0.25, -0.2) is 14.5 Å². The first-order valence-electron chi connectivity index (χ1n) is 13.5. The zero-order valence-corrected chi connectivity index (χ0v) is 25.0. The Morgan fingerprint density at radius 3 is 2.50 bits per heavy atom. The predicted molar refractivity (Wildman–Crippen MR) is 165 cm³/mol. The van der Waals surface area contributed by atoms with E-state index in [9.17, 15) is 22.8 Å². The third-order valence-electron chi connectivity index (χ3n) is 6.70. The highest BCUT2D eigenvalue weighted by Gasteiger charge is 2.33. The fourth-order valence-corrected chi connectivity index (χ4v) is 5.41. The number of urea groups is 1. The number of nitrogens with zero attached hydrogens (tertiary/aromatic N) is 5. The number of benzene rings is 3. The Kier molecular flexibility index (Phi) is 8.63. The first-order valence-corrected chi connectivity index (χ1v) is 14.5. The number of thioether (sulfide) groups is 1. The van der Waals surface area contributed by atoms with Gasteiger partial charge in [-0.05, 0) is 78.6 Å². The third kappa shape index (κ3) is 6.86. The molecule has 3 aromatic carbocycles. The second-order valence-corrected chi connectivity index (χ2v) is 11.0. The largest absolute Gasteiger partial charge is 0.573 e. The number of aliphatic imine (C=N–C) groups is 1. The van der Waals surface area contributed by atoms with Crippen LogP contribution in [0, 0.1) is 6.92 Å². The molecule has 44 heavy (non-hydrogen) atoms. The summed E-state index contributed by atoms with van der Waals surface area (Å²) in [5.41, 5.74) is 4.88. The SMILES string of the molecule is CNc1ccc(C(C)C)c(N2C(=O)CS/C2=N\C(=O)Nc2ccc(-c3ncn(-c4ccc(OC(F)(F)F)cc4)n3)cc2C)c1. The van der Waals surface area contributed by atoms with Gasteiger partial charge < -0.3 is 15.4 Å². The second-order valence-electron chi connectivity index (χ2n) is 10.1. The molecular formula is C30H28F3N7O3S. The van der Waals surface area contributed by atoms with Crippen molar-refractivity contribution in [3.63, 3.8) is 0 Å². The van der Waals surface area contributed by atoms with Crippen LogP contribution in [0.3, 0.4) is 0 Å². The van der Waals surface area contributed by atoms with Crippen molar-refractivity contribution in [3.8, 4) is 22.8 Å². The minimum atomic E-state index is -4.77. The van der Waals surface area contributed by atoms with Crippen LogP contribution in [-0.2, 0) is 4.79 Å². The van der Waals surface area contributed by atoms with Gasteiger partial charge in [-0.15, -0.1) is 18.3 Å². The van der Waals surface area contributed by atoms with Crippen LogP contribution >= 0.6 is 11.8 Å². The van der Waals surface area contributed by atoms with Crippen molar-refractivity contribution in [3.05, 3.63) is 78.1 Å². The molecule has 0 saturated carbocycles. The van der Waals surface area contributed by atoms with E-state index in [-0.39, 0.29) is 23.3 Å². The number of amidine groups is 1. The number of anilines is 3. The van der Waals surface area contributed by atoms with Crippen LogP contribution in [0.2, 0.25) is 0 Å². The number of halogens is 3. The van der Waals surface area contributed by atoms with Crippen LogP contribution in [0.5, 0.6) is 5.75 Å². The van der Waals surface area contributed by atoms with Gasteiger partial charge in [-0.1, -0.05) is 31.7 Å². The summed E-state index contributed by atoms with van der Waals surface area (Å²) in [4.78, 5) is 35.9. The third-order valence-corrected chi connectivity index (χ3v) is 7.62. The van der Waals surface area contributed by atoms with Gasteiger partial charge in [0.05, 0.1) is 17.1 Å². The molecule has 0 unspecified atom stereocenters. The van der Waals surface area contributed by atoms with E-state index >= 15 is 0 Å². The second kappa shape index (κ2) is 12.4. The maximum atomic E-state index is 13.0. The van der Waals surface area contributed by atoms with Crippen LogP contribution in [0.1, 0.15) is 30.9 Å². The molecule has 10 nitrogen and oxygen atoms in total. The van der Waals surface area contributed by atoms with Crippen molar-refractivity contribution in [1.29, 1.82) is 0 Å². The van der Waals surface area contributed by atoms with Gasteiger partial charge >= 0.3 is 12.4 Å². The molecule has 228 valence electrons. The summed E-state index contributed by atoms with van der Waals surface area (Å²) in [6.07, 6.45) is -3.33. The number of hydrogen-bond acceptors (Lipinski definition) is 7. The number of aromatic nitrogens is 3. The molecular weight excluding hydrogens is 595 g/mol. The summed E-state index contributed by atoms with van der Waals surface area (Å²) in [5, 5.41) is 10.6. The Hall–Kier alpha value is -4.85. The normalized spacial score (nSPS) is 14.4. The van der Waals surface area contributed by atoms with E-state index in [0.717, 1.165) is 16.8 Å². The van der Waals surface area contributed by atoms with E-state index in [1.807, 2.05) is 32.0 Å². The fourth-order valence-electron chi connectivity index (χ4n) is 4.56. The summed E-state index contributed by atoms with van der Waals surface area (Å²) in [7, 11) is 1.80. The minimum Gasteiger partial charge on any atom is -0.406 e. The Morgan fingerprint density at radius 2 is 1.84 bits per heavy atom. The number of rotatable bonds is 7. The molecule has 0 aliphatic carbocycles. The number of hydrogen-bond donors (Lipinski definition) is 2. The summed E-state index contributed by atoms with van der Waals surface area (Å²) < 4.78 is 42.6. The Labute approximate surface area is 255 Å². The van der Waals surface area contributed by atoms with Crippen molar-refractivity contribution in [2.45, 2.75) is 33.1 Å². The Balaban J connectivity index is 1.31. The number of amides is 3. The van der Waals surface area contributed by atoms with Crippen molar-refractivity contribution < 1.29 is 27.5 Å². The summed E-state index contributed by atoms with van der Waals surface area (Å²) in [6.45, 7) is 5.88. The lowest BCUT2D eigenvalue weighted by Gasteiger charge is -2.22. The van der Waals surface area contributed by atoms with Crippen LogP contribution in [-0.4, -0.2) is 51.0 Å². The zero-order chi connectivity index (χ0) is 31.6. The maximum absolute atomic E-state index is 13.0. The van der Waals surface area contributed by atoms with Crippen molar-refractivity contribution >= 4 is 45.9 Å². The molecule has 1 saturated heterocycles. The van der Waals surface area contributed by atoms with Gasteiger partial charge in [0.1, 0.15) is 12.1 Å². The molecule has 0 atom stereocenters. The van der Waals surface area contributed by atoms with Crippen LogP contribution in [0.15, 0.2) is 72.0 Å². The molecule has 4 aromatic rings. The minimum absolute atomic E-state index is 0.143. The highest BCUT2D eigenvalue weighted by molar-refractivity contribution is 8.15. The predicted octanol–water partition coefficient (Wildman–Crippen LogP) is 6.97. The average molecular weight is 624 g/mol. The molecule has 0 radical (unpaired) electrons. The van der Waals surface area contributed by atoms with E-state index in [4.69, 9.17) is 0 Å². The standard InChI is InChI=1S/C30H28F3N7O3S/c1-17(2)23-11-6-20(34-4)14-25(23)40-26(41)15-44-29(40)37-28(42)36-24-12-5-19(13-18(24)3)27-35-16-39(38-27)21-7-9-22(10-8-21)43-30(31,32)33/h5-14,16-17,34H,15H2,1-4H3,(H,36,42)/b37-29-. The summed E-state index contributed by atoms with van der Waals surface area (Å²) in [5.74, 6) is 0.198. The molecule has 5 rings (SSSR count). The van der Waals surface area contributed by atoms with Gasteiger partial charge in [0.25, 0.3) is 0 Å². The van der Waals surface area contributed by atoms with Gasteiger partial charge in [0.2, 0.25) is 5.91 Å². The molecule has 1 fully saturated rings. The molecule has 2 N–H and O–H groups in total. The van der Waals surface area contributed by atoms with E-state index in [2.05, 4.69) is 30.4 Å². The molecule has 0 bridgehead atoms. The van der Waals surface area contributed by atoms with E-state index < -0.39 is 12.4 Å². The maximum Gasteiger partial charge on any atom is 0.573 e. The zero-order valence-electron chi connectivity index (χ0n) is 24.1. The number of aryl methyl sites for hydroxylation is 1.